The topological polar surface area (TPSA) is 104 Å². The summed E-state index contributed by atoms with van der Waals surface area (Å²) in [5.74, 6) is -1.02. The van der Waals surface area contributed by atoms with E-state index in [2.05, 4.69) is 51.0 Å². The number of rotatable bonds is 5. The van der Waals surface area contributed by atoms with Gasteiger partial charge in [0.2, 0.25) is 0 Å². The quantitative estimate of drug-likeness (QED) is 0.221. The molecule has 0 saturated heterocycles. The normalized spacial score (nSPS) is 13.0. The minimum Gasteiger partial charge on any atom is -0.392 e. The standard InChI is InChI=1S/C17H14BrNO2.C9H11BrO.C8H5NO2/c1-2-11-9-13(18)8-7-12(11)10-19-16(20)14-5-3-4-6-15(14)17(19)21;1-2-7-5-9(10)4-3-8(7)6-11;10-7-5-3-1-2-4-6(5)8(11)9-7/h3-9H,2,10H2,1H3;3-5,11H,2,6H2,1H3;1-4H,(H,9,10,11). The van der Waals surface area contributed by atoms with Crippen LogP contribution in [-0.2, 0) is 26.0 Å². The van der Waals surface area contributed by atoms with E-state index >= 15 is 0 Å². The first-order valence-corrected chi connectivity index (χ1v) is 15.3. The van der Waals surface area contributed by atoms with Gasteiger partial charge in [-0.1, -0.05) is 82.1 Å². The number of aliphatic hydroxyl groups is 1. The lowest BCUT2D eigenvalue weighted by atomic mass is 10.0. The molecule has 2 N–H and O–H groups in total. The Balaban J connectivity index is 0.000000162. The predicted molar refractivity (Wildman–Crippen MR) is 172 cm³/mol. The molecular weight excluding hydrogens is 676 g/mol. The Hall–Kier alpha value is -3.92. The molecule has 0 spiro atoms. The number of carbonyl (C=O) groups is 4. The summed E-state index contributed by atoms with van der Waals surface area (Å²) in [7, 11) is 0. The first kappa shape index (κ1) is 32.0. The van der Waals surface area contributed by atoms with Crippen LogP contribution >= 0.6 is 31.9 Å². The summed E-state index contributed by atoms with van der Waals surface area (Å²) < 4.78 is 2.08. The van der Waals surface area contributed by atoms with Crippen molar-refractivity contribution in [2.75, 3.05) is 0 Å². The van der Waals surface area contributed by atoms with E-state index in [1.807, 2.05) is 36.4 Å². The van der Waals surface area contributed by atoms with E-state index in [1.165, 1.54) is 10.5 Å². The number of imide groups is 2. The summed E-state index contributed by atoms with van der Waals surface area (Å²) in [6.07, 6.45) is 1.83. The van der Waals surface area contributed by atoms with E-state index in [0.29, 0.717) is 28.8 Å². The number of hydrogen-bond donors (Lipinski definition) is 2. The predicted octanol–water partition coefficient (Wildman–Crippen LogP) is 6.88. The highest BCUT2D eigenvalue weighted by molar-refractivity contribution is 9.10. The number of aryl methyl sites for hydroxylation is 2. The molecule has 0 aromatic heterocycles. The molecule has 0 bridgehead atoms. The fourth-order valence-electron chi connectivity index (χ4n) is 4.83. The molecule has 0 saturated carbocycles. The minimum absolute atomic E-state index is 0.135. The second-order valence-corrected chi connectivity index (χ2v) is 11.6. The Morgan fingerprint density at radius 1 is 0.605 bits per heavy atom. The molecule has 2 aliphatic rings. The van der Waals surface area contributed by atoms with Crippen molar-refractivity contribution in [3.8, 4) is 0 Å². The molecular formula is C34H30Br2N2O5. The zero-order valence-electron chi connectivity index (χ0n) is 23.7. The number of carbonyl (C=O) groups excluding carboxylic acids is 4. The minimum atomic E-state index is -0.300. The highest BCUT2D eigenvalue weighted by atomic mass is 79.9. The van der Waals surface area contributed by atoms with Gasteiger partial charge >= 0.3 is 0 Å². The fraction of sp³-hybridized carbons (Fsp3) is 0.176. The van der Waals surface area contributed by atoms with Gasteiger partial charge in [0.15, 0.2) is 0 Å². The van der Waals surface area contributed by atoms with Crippen LogP contribution in [0.15, 0.2) is 93.9 Å². The van der Waals surface area contributed by atoms with E-state index in [-0.39, 0.29) is 30.2 Å². The largest absolute Gasteiger partial charge is 0.392 e. The second-order valence-electron chi connectivity index (χ2n) is 9.76. The molecule has 4 aromatic carbocycles. The number of fused-ring (bicyclic) bond motifs is 2. The van der Waals surface area contributed by atoms with Crippen molar-refractivity contribution in [1.82, 2.24) is 10.2 Å². The van der Waals surface area contributed by atoms with Gasteiger partial charge in [0.25, 0.3) is 23.6 Å². The van der Waals surface area contributed by atoms with Crippen LogP contribution in [0.4, 0.5) is 0 Å². The van der Waals surface area contributed by atoms with Crippen molar-refractivity contribution >= 4 is 55.5 Å². The van der Waals surface area contributed by atoms with Gasteiger partial charge in [-0.05, 0) is 83.6 Å². The van der Waals surface area contributed by atoms with Crippen LogP contribution in [-0.4, -0.2) is 33.6 Å². The fourth-order valence-corrected chi connectivity index (χ4v) is 5.64. The van der Waals surface area contributed by atoms with E-state index in [1.54, 1.807) is 48.5 Å². The average molecular weight is 706 g/mol. The van der Waals surface area contributed by atoms with Crippen LogP contribution in [0.5, 0.6) is 0 Å². The summed E-state index contributed by atoms with van der Waals surface area (Å²) >= 11 is 6.83. The molecule has 220 valence electrons. The third-order valence-corrected chi connectivity index (χ3v) is 8.11. The number of benzene rings is 4. The SMILES string of the molecule is CCc1cc(Br)ccc1CN1C(=O)c2ccccc2C1=O.CCc1cc(Br)ccc1CO.O=C1NC(=O)c2ccccc21. The van der Waals surface area contributed by atoms with Crippen LogP contribution in [0, 0.1) is 0 Å². The van der Waals surface area contributed by atoms with Crippen molar-refractivity contribution in [2.45, 2.75) is 39.8 Å². The molecule has 7 nitrogen and oxygen atoms in total. The number of nitrogens with zero attached hydrogens (tertiary/aromatic N) is 1. The maximum Gasteiger partial charge on any atom is 0.261 e. The Morgan fingerprint density at radius 2 is 1.02 bits per heavy atom. The monoisotopic (exact) mass is 704 g/mol. The number of hydrogen-bond acceptors (Lipinski definition) is 5. The summed E-state index contributed by atoms with van der Waals surface area (Å²) in [4.78, 5) is 48.0. The Morgan fingerprint density at radius 3 is 1.47 bits per heavy atom. The summed E-state index contributed by atoms with van der Waals surface area (Å²) in [6.45, 7) is 4.60. The third-order valence-electron chi connectivity index (χ3n) is 7.12. The van der Waals surface area contributed by atoms with Crippen molar-refractivity contribution < 1.29 is 24.3 Å². The number of nitrogens with one attached hydrogen (secondary N) is 1. The second kappa shape index (κ2) is 14.5. The number of amides is 4. The zero-order chi connectivity index (χ0) is 31.1. The van der Waals surface area contributed by atoms with Gasteiger partial charge in [0, 0.05) is 8.95 Å². The van der Waals surface area contributed by atoms with Crippen molar-refractivity contribution in [2.24, 2.45) is 0 Å². The Kier molecular flexibility index (Phi) is 10.8. The lowest BCUT2D eigenvalue weighted by molar-refractivity contribution is 0.0641. The summed E-state index contributed by atoms with van der Waals surface area (Å²) in [5.41, 5.74) is 6.32. The van der Waals surface area contributed by atoms with Crippen molar-refractivity contribution in [1.29, 1.82) is 0 Å². The zero-order valence-corrected chi connectivity index (χ0v) is 26.9. The molecule has 0 radical (unpaired) electrons. The van der Waals surface area contributed by atoms with E-state index in [0.717, 1.165) is 38.5 Å². The van der Waals surface area contributed by atoms with Crippen molar-refractivity contribution in [3.05, 3.63) is 138 Å². The van der Waals surface area contributed by atoms with Crippen LogP contribution in [0.25, 0.3) is 0 Å². The number of halogens is 2. The van der Waals surface area contributed by atoms with Gasteiger partial charge in [-0.15, -0.1) is 0 Å². The lowest BCUT2D eigenvalue weighted by Crippen LogP contribution is -2.29. The van der Waals surface area contributed by atoms with Gasteiger partial charge in [0.1, 0.15) is 0 Å². The molecule has 4 aromatic rings. The first-order valence-electron chi connectivity index (χ1n) is 13.7. The van der Waals surface area contributed by atoms with E-state index in [4.69, 9.17) is 5.11 Å². The maximum atomic E-state index is 12.4. The smallest absolute Gasteiger partial charge is 0.261 e. The molecule has 2 heterocycles. The molecule has 0 aliphatic carbocycles. The third kappa shape index (κ3) is 7.36. The van der Waals surface area contributed by atoms with Gasteiger partial charge < -0.3 is 5.11 Å². The average Bonchev–Trinajstić information content (AvgIpc) is 3.45. The molecule has 0 fully saturated rings. The highest BCUT2D eigenvalue weighted by Gasteiger charge is 2.35. The molecule has 9 heteroatoms. The summed E-state index contributed by atoms with van der Waals surface area (Å²) in [5, 5.41) is 11.1. The van der Waals surface area contributed by atoms with E-state index < -0.39 is 0 Å². The van der Waals surface area contributed by atoms with Crippen LogP contribution < -0.4 is 5.32 Å². The van der Waals surface area contributed by atoms with Gasteiger partial charge in [0.05, 0.1) is 35.4 Å². The Bertz CT molecular complexity index is 1630. The number of aliphatic hydroxyl groups excluding tert-OH is 1. The molecule has 43 heavy (non-hydrogen) atoms. The van der Waals surface area contributed by atoms with Crippen molar-refractivity contribution in [3.63, 3.8) is 0 Å². The van der Waals surface area contributed by atoms with Crippen LogP contribution in [0.1, 0.15) is 77.5 Å². The Labute approximate surface area is 267 Å². The molecule has 6 rings (SSSR count). The van der Waals surface area contributed by atoms with E-state index in [9.17, 15) is 19.2 Å². The summed E-state index contributed by atoms with van der Waals surface area (Å²) in [6, 6.07) is 25.6. The van der Waals surface area contributed by atoms with Crippen LogP contribution in [0.3, 0.4) is 0 Å². The highest BCUT2D eigenvalue weighted by Crippen LogP contribution is 2.26. The molecule has 0 unspecified atom stereocenters. The maximum absolute atomic E-state index is 12.4. The van der Waals surface area contributed by atoms with Crippen LogP contribution in [0.2, 0.25) is 0 Å². The van der Waals surface area contributed by atoms with Gasteiger partial charge in [-0.2, -0.15) is 0 Å². The molecule has 4 amide bonds. The molecule has 0 atom stereocenters. The first-order chi connectivity index (χ1) is 20.7. The lowest BCUT2D eigenvalue weighted by Gasteiger charge is -2.16. The van der Waals surface area contributed by atoms with Gasteiger partial charge in [-0.3, -0.25) is 29.4 Å². The van der Waals surface area contributed by atoms with Gasteiger partial charge in [-0.25, -0.2) is 0 Å². The molecule has 2 aliphatic heterocycles.